The highest BCUT2D eigenvalue weighted by Crippen LogP contribution is 2.40. The topological polar surface area (TPSA) is 72.1 Å². The van der Waals surface area contributed by atoms with E-state index in [9.17, 15) is 4.79 Å². The Kier molecular flexibility index (Phi) is 4.78. The van der Waals surface area contributed by atoms with E-state index in [4.69, 9.17) is 17.3 Å². The van der Waals surface area contributed by atoms with E-state index < -0.39 is 0 Å². The Hall–Kier alpha value is -2.18. The maximum Gasteiger partial charge on any atom is 0.225 e. The van der Waals surface area contributed by atoms with Crippen molar-refractivity contribution < 1.29 is 4.79 Å². The lowest BCUT2D eigenvalue weighted by molar-refractivity contribution is -0.118. The van der Waals surface area contributed by atoms with Gasteiger partial charge < -0.3 is 10.6 Å². The molecule has 134 valence electrons. The second kappa shape index (κ2) is 7.21. The third-order valence-electron chi connectivity index (χ3n) is 4.78. The number of fused-ring (bicyclic) bond motifs is 1. The van der Waals surface area contributed by atoms with Gasteiger partial charge in [0.25, 0.3) is 0 Å². The third kappa shape index (κ3) is 3.39. The molecular formula is C19H19ClN4OS. The van der Waals surface area contributed by atoms with Crippen molar-refractivity contribution in [1.29, 1.82) is 0 Å². The lowest BCUT2D eigenvalue weighted by Crippen LogP contribution is -2.37. The van der Waals surface area contributed by atoms with Gasteiger partial charge >= 0.3 is 0 Å². The van der Waals surface area contributed by atoms with E-state index in [1.807, 2.05) is 18.2 Å². The number of hydrogen-bond donors (Lipinski definition) is 1. The van der Waals surface area contributed by atoms with Crippen LogP contribution in [-0.2, 0) is 4.79 Å². The smallest absolute Gasteiger partial charge is 0.225 e. The zero-order valence-corrected chi connectivity index (χ0v) is 15.8. The number of aromatic nitrogens is 2. The third-order valence-corrected chi connectivity index (χ3v) is 5.82. The fourth-order valence-corrected chi connectivity index (χ4v) is 4.82. The summed E-state index contributed by atoms with van der Waals surface area (Å²) >= 11 is 7.78. The number of anilines is 1. The summed E-state index contributed by atoms with van der Waals surface area (Å²) in [7, 11) is 0. The molecule has 0 spiro atoms. The van der Waals surface area contributed by atoms with Gasteiger partial charge in [0.15, 0.2) is 0 Å². The standard InChI is InChI=1S/C19H19ClN4OS/c20-19-22-17(24-8-4-5-12(10-24)9-15(21)25)16-14(11-26-18(16)23-19)13-6-2-1-3-7-13/h1-3,6-7,11-12H,4-5,8-10H2,(H2,21,25). The van der Waals surface area contributed by atoms with E-state index in [2.05, 4.69) is 32.4 Å². The molecule has 2 N–H and O–H groups in total. The maximum absolute atomic E-state index is 11.3. The summed E-state index contributed by atoms with van der Waals surface area (Å²) in [5.74, 6) is 0.862. The Balaban J connectivity index is 1.79. The van der Waals surface area contributed by atoms with Crippen molar-refractivity contribution in [2.45, 2.75) is 19.3 Å². The predicted octanol–water partition coefficient (Wildman–Crippen LogP) is 4.10. The summed E-state index contributed by atoms with van der Waals surface area (Å²) in [6.07, 6.45) is 2.43. The second-order valence-corrected chi connectivity index (χ2v) is 7.83. The van der Waals surface area contributed by atoms with E-state index in [1.54, 1.807) is 11.3 Å². The largest absolute Gasteiger partial charge is 0.370 e. The fraction of sp³-hybridized carbons (Fsp3) is 0.316. The molecule has 1 amide bonds. The number of nitrogens with two attached hydrogens (primary N) is 1. The van der Waals surface area contributed by atoms with Crippen LogP contribution in [0.15, 0.2) is 35.7 Å². The number of primary amides is 1. The zero-order valence-electron chi connectivity index (χ0n) is 14.2. The van der Waals surface area contributed by atoms with Crippen LogP contribution in [0.2, 0.25) is 5.28 Å². The van der Waals surface area contributed by atoms with Crippen LogP contribution < -0.4 is 10.6 Å². The van der Waals surface area contributed by atoms with Gasteiger partial charge in [-0.2, -0.15) is 4.98 Å². The summed E-state index contributed by atoms with van der Waals surface area (Å²) in [5, 5.41) is 3.40. The highest BCUT2D eigenvalue weighted by atomic mass is 35.5. The molecule has 1 saturated heterocycles. The molecule has 4 rings (SSSR count). The number of carbonyl (C=O) groups is 1. The molecule has 3 heterocycles. The summed E-state index contributed by atoms with van der Waals surface area (Å²) in [6, 6.07) is 10.2. The first-order valence-corrected chi connectivity index (χ1v) is 9.91. The van der Waals surface area contributed by atoms with E-state index in [0.29, 0.717) is 6.42 Å². The minimum Gasteiger partial charge on any atom is -0.370 e. The minimum atomic E-state index is -0.247. The number of rotatable bonds is 4. The zero-order chi connectivity index (χ0) is 18.1. The Morgan fingerprint density at radius 3 is 2.88 bits per heavy atom. The molecule has 0 aliphatic carbocycles. The van der Waals surface area contributed by atoms with Gasteiger partial charge in [0, 0.05) is 30.5 Å². The van der Waals surface area contributed by atoms with Crippen molar-refractivity contribution in [3.8, 4) is 11.1 Å². The van der Waals surface area contributed by atoms with Crippen LogP contribution in [-0.4, -0.2) is 29.0 Å². The highest BCUT2D eigenvalue weighted by Gasteiger charge is 2.26. The maximum atomic E-state index is 11.3. The number of thiophene rings is 1. The van der Waals surface area contributed by atoms with Crippen molar-refractivity contribution in [3.05, 3.63) is 41.0 Å². The van der Waals surface area contributed by atoms with Crippen LogP contribution in [0.4, 0.5) is 5.82 Å². The molecule has 1 aliphatic rings. The van der Waals surface area contributed by atoms with E-state index in [-0.39, 0.29) is 17.1 Å². The first-order chi connectivity index (χ1) is 12.6. The molecule has 1 atom stereocenters. The molecule has 7 heteroatoms. The van der Waals surface area contributed by atoms with Crippen molar-refractivity contribution in [2.24, 2.45) is 11.7 Å². The fourth-order valence-electron chi connectivity index (χ4n) is 3.67. The molecule has 0 bridgehead atoms. The lowest BCUT2D eigenvalue weighted by Gasteiger charge is -2.33. The molecule has 3 aromatic rings. The molecule has 1 fully saturated rings. The van der Waals surface area contributed by atoms with Crippen molar-refractivity contribution in [3.63, 3.8) is 0 Å². The number of nitrogens with zero attached hydrogens (tertiary/aromatic N) is 3. The number of benzene rings is 1. The van der Waals surface area contributed by atoms with Gasteiger partial charge in [0.05, 0.1) is 5.39 Å². The molecule has 1 aliphatic heterocycles. The van der Waals surface area contributed by atoms with Crippen LogP contribution in [0.3, 0.4) is 0 Å². The highest BCUT2D eigenvalue weighted by molar-refractivity contribution is 7.17. The van der Waals surface area contributed by atoms with Gasteiger partial charge in [0.1, 0.15) is 10.6 Å². The normalized spacial score (nSPS) is 17.6. The number of amides is 1. The average molecular weight is 387 g/mol. The number of piperidine rings is 1. The van der Waals surface area contributed by atoms with Crippen molar-refractivity contribution >= 4 is 44.9 Å². The minimum absolute atomic E-state index is 0.247. The van der Waals surface area contributed by atoms with Crippen LogP contribution in [0.5, 0.6) is 0 Å². The molecule has 2 aromatic heterocycles. The van der Waals surface area contributed by atoms with Gasteiger partial charge in [-0.25, -0.2) is 4.98 Å². The number of hydrogen-bond acceptors (Lipinski definition) is 5. The van der Waals surface area contributed by atoms with Gasteiger partial charge in [-0.05, 0) is 35.9 Å². The first-order valence-electron chi connectivity index (χ1n) is 8.65. The molecule has 26 heavy (non-hydrogen) atoms. The number of carbonyl (C=O) groups excluding carboxylic acids is 1. The molecule has 0 saturated carbocycles. The van der Waals surface area contributed by atoms with Crippen LogP contribution >= 0.6 is 22.9 Å². The Bertz CT molecular complexity index is 943. The van der Waals surface area contributed by atoms with Gasteiger partial charge in [-0.15, -0.1) is 11.3 Å². The van der Waals surface area contributed by atoms with Crippen molar-refractivity contribution in [1.82, 2.24) is 9.97 Å². The second-order valence-electron chi connectivity index (χ2n) is 6.64. The quantitative estimate of drug-likeness (QED) is 0.685. The Morgan fingerprint density at radius 1 is 1.31 bits per heavy atom. The summed E-state index contributed by atoms with van der Waals surface area (Å²) in [5.41, 5.74) is 7.66. The Labute approximate surface area is 160 Å². The summed E-state index contributed by atoms with van der Waals surface area (Å²) in [6.45, 7) is 1.65. The van der Waals surface area contributed by atoms with Crippen LogP contribution in [0.25, 0.3) is 21.3 Å². The molecule has 0 radical (unpaired) electrons. The van der Waals surface area contributed by atoms with E-state index in [1.165, 1.54) is 0 Å². The van der Waals surface area contributed by atoms with Gasteiger partial charge in [-0.1, -0.05) is 30.3 Å². The van der Waals surface area contributed by atoms with Gasteiger partial charge in [-0.3, -0.25) is 4.79 Å². The predicted molar refractivity (Wildman–Crippen MR) is 107 cm³/mol. The first kappa shape index (κ1) is 17.2. The summed E-state index contributed by atoms with van der Waals surface area (Å²) in [4.78, 5) is 23.4. The molecule has 1 unspecified atom stereocenters. The van der Waals surface area contributed by atoms with Crippen molar-refractivity contribution in [2.75, 3.05) is 18.0 Å². The Morgan fingerprint density at radius 2 is 2.12 bits per heavy atom. The molecular weight excluding hydrogens is 368 g/mol. The molecule has 5 nitrogen and oxygen atoms in total. The number of halogens is 1. The lowest BCUT2D eigenvalue weighted by atomic mass is 9.94. The van der Waals surface area contributed by atoms with Crippen LogP contribution in [0, 0.1) is 5.92 Å². The average Bonchev–Trinajstić information content (AvgIpc) is 3.05. The van der Waals surface area contributed by atoms with Crippen LogP contribution in [0.1, 0.15) is 19.3 Å². The van der Waals surface area contributed by atoms with Gasteiger partial charge in [0.2, 0.25) is 11.2 Å². The monoisotopic (exact) mass is 386 g/mol. The molecule has 1 aromatic carbocycles. The SMILES string of the molecule is NC(=O)CC1CCCN(c2nc(Cl)nc3scc(-c4ccccc4)c23)C1. The summed E-state index contributed by atoms with van der Waals surface area (Å²) < 4.78 is 0. The van der Waals surface area contributed by atoms with E-state index in [0.717, 1.165) is 53.1 Å². The van der Waals surface area contributed by atoms with E-state index >= 15 is 0 Å².